The number of nitrogens with one attached hydrogen (secondary N) is 1. The van der Waals surface area contributed by atoms with Gasteiger partial charge in [-0.3, -0.25) is 0 Å². The molecular weight excluding hydrogens is 239 g/mol. The first-order chi connectivity index (χ1) is 8.16. The Morgan fingerprint density at radius 3 is 2.65 bits per heavy atom. The van der Waals surface area contributed by atoms with Gasteiger partial charge in [-0.1, -0.05) is 11.6 Å². The second kappa shape index (κ2) is 5.03. The summed E-state index contributed by atoms with van der Waals surface area (Å²) >= 11 is 5.89. The third-order valence-corrected chi connectivity index (χ3v) is 3.67. The van der Waals surface area contributed by atoms with E-state index in [2.05, 4.69) is 11.4 Å². The summed E-state index contributed by atoms with van der Waals surface area (Å²) in [4.78, 5) is 0. The molecule has 2 rings (SSSR count). The molecule has 1 aromatic rings. The van der Waals surface area contributed by atoms with Crippen molar-refractivity contribution < 1.29 is 4.39 Å². The normalized spacial score (nSPS) is 18.6. The summed E-state index contributed by atoms with van der Waals surface area (Å²) in [7, 11) is 0. The zero-order valence-electron chi connectivity index (χ0n) is 9.47. The number of piperidine rings is 1. The van der Waals surface area contributed by atoms with Crippen LogP contribution in [0, 0.1) is 17.1 Å². The highest BCUT2D eigenvalue weighted by atomic mass is 35.5. The monoisotopic (exact) mass is 252 g/mol. The van der Waals surface area contributed by atoms with Gasteiger partial charge in [0.1, 0.15) is 5.82 Å². The van der Waals surface area contributed by atoms with Crippen LogP contribution in [-0.4, -0.2) is 13.1 Å². The summed E-state index contributed by atoms with van der Waals surface area (Å²) in [5.74, 6) is -0.330. The maximum Gasteiger partial charge on any atom is 0.124 e. The Hall–Kier alpha value is -1.11. The van der Waals surface area contributed by atoms with Crippen LogP contribution in [0.4, 0.5) is 4.39 Å². The Morgan fingerprint density at radius 1 is 1.35 bits per heavy atom. The van der Waals surface area contributed by atoms with Gasteiger partial charge in [-0.25, -0.2) is 4.39 Å². The topological polar surface area (TPSA) is 35.8 Å². The van der Waals surface area contributed by atoms with Gasteiger partial charge in [0, 0.05) is 16.9 Å². The largest absolute Gasteiger partial charge is 0.317 e. The molecule has 1 saturated heterocycles. The molecule has 1 heterocycles. The van der Waals surface area contributed by atoms with Crippen molar-refractivity contribution in [2.24, 2.45) is 0 Å². The van der Waals surface area contributed by atoms with E-state index < -0.39 is 0 Å². The van der Waals surface area contributed by atoms with E-state index in [4.69, 9.17) is 16.9 Å². The Kier molecular flexibility index (Phi) is 3.66. The van der Waals surface area contributed by atoms with Crippen LogP contribution in [0.2, 0.25) is 5.02 Å². The van der Waals surface area contributed by atoms with Crippen molar-refractivity contribution in [3.63, 3.8) is 0 Å². The number of benzene rings is 1. The molecule has 0 aliphatic carbocycles. The molecule has 0 atom stereocenters. The Balaban J connectivity index is 2.41. The molecule has 1 N–H and O–H groups in total. The molecule has 0 aromatic heterocycles. The maximum absolute atomic E-state index is 13.4. The minimum absolute atomic E-state index is 0.244. The Labute approximate surface area is 105 Å². The molecule has 17 heavy (non-hydrogen) atoms. The molecule has 0 bridgehead atoms. The fourth-order valence-corrected chi connectivity index (χ4v) is 2.71. The summed E-state index contributed by atoms with van der Waals surface area (Å²) in [5, 5.41) is 12.6. The Morgan fingerprint density at radius 2 is 2.06 bits per heavy atom. The fraction of sp³-hybridized carbons (Fsp3) is 0.462. The smallest absolute Gasteiger partial charge is 0.124 e. The number of halogens is 2. The molecule has 4 heteroatoms. The van der Waals surface area contributed by atoms with Crippen molar-refractivity contribution in [1.29, 1.82) is 5.26 Å². The van der Waals surface area contributed by atoms with E-state index in [1.54, 1.807) is 6.07 Å². The van der Waals surface area contributed by atoms with Crippen LogP contribution in [-0.2, 0) is 5.41 Å². The van der Waals surface area contributed by atoms with Crippen molar-refractivity contribution >= 4 is 11.6 Å². The van der Waals surface area contributed by atoms with E-state index in [9.17, 15) is 4.39 Å². The van der Waals surface area contributed by atoms with Crippen LogP contribution in [0.25, 0.3) is 0 Å². The quantitative estimate of drug-likeness (QED) is 0.878. The Bertz CT molecular complexity index is 427. The van der Waals surface area contributed by atoms with Gasteiger partial charge in [-0.15, -0.1) is 0 Å². The summed E-state index contributed by atoms with van der Waals surface area (Å²) in [6.45, 7) is 1.71. The van der Waals surface area contributed by atoms with Gasteiger partial charge in [0.15, 0.2) is 0 Å². The van der Waals surface area contributed by atoms with Crippen LogP contribution in [0.15, 0.2) is 18.2 Å². The third-order valence-electron chi connectivity index (χ3n) is 3.45. The van der Waals surface area contributed by atoms with E-state index in [0.717, 1.165) is 31.5 Å². The van der Waals surface area contributed by atoms with Crippen molar-refractivity contribution in [3.8, 4) is 6.07 Å². The molecule has 1 aromatic carbocycles. The molecule has 1 fully saturated rings. The first kappa shape index (κ1) is 12.3. The molecule has 0 unspecified atom stereocenters. The van der Waals surface area contributed by atoms with Crippen molar-refractivity contribution in [2.45, 2.75) is 24.7 Å². The highest BCUT2D eigenvalue weighted by Crippen LogP contribution is 2.37. The molecule has 90 valence electrons. The maximum atomic E-state index is 13.4. The summed E-state index contributed by atoms with van der Waals surface area (Å²) < 4.78 is 13.4. The van der Waals surface area contributed by atoms with Gasteiger partial charge in [-0.2, -0.15) is 5.26 Å². The zero-order chi connectivity index (χ0) is 12.3. The van der Waals surface area contributed by atoms with E-state index >= 15 is 0 Å². The zero-order valence-corrected chi connectivity index (χ0v) is 10.2. The molecule has 2 nitrogen and oxygen atoms in total. The lowest BCUT2D eigenvalue weighted by atomic mass is 9.71. The summed E-state index contributed by atoms with van der Waals surface area (Å²) in [5.41, 5.74) is 0.608. The fourth-order valence-electron chi connectivity index (χ4n) is 2.48. The molecule has 1 aliphatic heterocycles. The third kappa shape index (κ3) is 2.59. The average molecular weight is 253 g/mol. The van der Waals surface area contributed by atoms with Crippen molar-refractivity contribution in [2.75, 3.05) is 13.1 Å². The van der Waals surface area contributed by atoms with Gasteiger partial charge in [0.05, 0.1) is 6.07 Å². The molecule has 0 spiro atoms. The van der Waals surface area contributed by atoms with Gasteiger partial charge in [-0.05, 0) is 49.7 Å². The van der Waals surface area contributed by atoms with E-state index in [0.29, 0.717) is 11.4 Å². The molecular formula is C13H14ClFN2. The van der Waals surface area contributed by atoms with Crippen molar-refractivity contribution in [3.05, 3.63) is 34.6 Å². The minimum atomic E-state index is -0.330. The predicted molar refractivity (Wildman–Crippen MR) is 65.4 cm³/mol. The lowest BCUT2D eigenvalue weighted by Gasteiger charge is -2.36. The van der Waals surface area contributed by atoms with E-state index in [1.807, 2.05) is 0 Å². The average Bonchev–Trinajstić information content (AvgIpc) is 2.29. The van der Waals surface area contributed by atoms with Gasteiger partial charge >= 0.3 is 0 Å². The molecule has 1 aliphatic rings. The second-order valence-corrected chi connectivity index (χ2v) is 4.96. The van der Waals surface area contributed by atoms with E-state index in [-0.39, 0.29) is 11.2 Å². The van der Waals surface area contributed by atoms with Crippen LogP contribution >= 0.6 is 11.6 Å². The lowest BCUT2D eigenvalue weighted by molar-refractivity contribution is 0.311. The van der Waals surface area contributed by atoms with Crippen LogP contribution in [0.3, 0.4) is 0 Å². The predicted octanol–water partition coefficient (Wildman–Crippen LogP) is 3.01. The van der Waals surface area contributed by atoms with Gasteiger partial charge in [0.2, 0.25) is 0 Å². The van der Waals surface area contributed by atoms with Crippen molar-refractivity contribution in [1.82, 2.24) is 5.32 Å². The van der Waals surface area contributed by atoms with Crippen LogP contribution in [0.5, 0.6) is 0 Å². The summed E-state index contributed by atoms with van der Waals surface area (Å²) in [6.07, 6.45) is 2.11. The van der Waals surface area contributed by atoms with Gasteiger partial charge < -0.3 is 5.32 Å². The highest BCUT2D eigenvalue weighted by molar-refractivity contribution is 6.30. The van der Waals surface area contributed by atoms with Gasteiger partial charge in [0.25, 0.3) is 0 Å². The standard InChI is InChI=1S/C13H14ClFN2/c14-11-7-10(8-12(15)9-11)13(1-4-16)2-5-17-6-3-13/h7-9,17H,1-3,5-6H2. The number of nitriles is 1. The number of rotatable bonds is 2. The minimum Gasteiger partial charge on any atom is -0.317 e. The first-order valence-electron chi connectivity index (χ1n) is 5.70. The molecule has 0 radical (unpaired) electrons. The number of hydrogen-bond donors (Lipinski definition) is 1. The van der Waals surface area contributed by atoms with Crippen LogP contribution in [0.1, 0.15) is 24.8 Å². The summed E-state index contributed by atoms with van der Waals surface area (Å²) in [6, 6.07) is 6.81. The number of nitrogens with zero attached hydrogens (tertiary/aromatic N) is 1. The molecule has 0 amide bonds. The highest BCUT2D eigenvalue weighted by Gasteiger charge is 2.34. The molecule has 0 saturated carbocycles. The second-order valence-electron chi connectivity index (χ2n) is 4.52. The number of hydrogen-bond acceptors (Lipinski definition) is 2. The lowest BCUT2D eigenvalue weighted by Crippen LogP contribution is -2.39. The van der Waals surface area contributed by atoms with Crippen LogP contribution < -0.4 is 5.32 Å². The van der Waals surface area contributed by atoms with E-state index in [1.165, 1.54) is 12.1 Å². The SMILES string of the molecule is N#CCC1(c2cc(F)cc(Cl)c2)CCNCC1. The first-order valence-corrected chi connectivity index (χ1v) is 6.08.